The molecule has 0 aromatic carbocycles. The largest absolute Gasteiger partial charge is 0.493 e. The van der Waals surface area contributed by atoms with Gasteiger partial charge in [-0.05, 0) is 0 Å². The second kappa shape index (κ2) is 1.98. The maximum absolute atomic E-state index is 11.1. The fourth-order valence-electron chi connectivity index (χ4n) is 1.12. The van der Waals surface area contributed by atoms with E-state index in [-0.39, 0.29) is 11.4 Å². The van der Waals surface area contributed by atoms with Crippen molar-refractivity contribution < 1.29 is 5.11 Å². The number of anilines is 1. The monoisotopic (exact) mass is 153 g/mol. The van der Waals surface area contributed by atoms with Gasteiger partial charge in [-0.25, -0.2) is 0 Å². The molecule has 2 heterocycles. The number of aromatic hydroxyl groups is 1. The van der Waals surface area contributed by atoms with E-state index < -0.39 is 0 Å². The number of hydrogen-bond acceptors (Lipinski definition) is 4. The number of rotatable bonds is 0. The van der Waals surface area contributed by atoms with E-state index in [0.29, 0.717) is 19.0 Å². The normalized spacial score (nSPS) is 14.2. The zero-order valence-electron chi connectivity index (χ0n) is 5.74. The number of nitrogens with zero attached hydrogens (tertiary/aromatic N) is 2. The van der Waals surface area contributed by atoms with Gasteiger partial charge in [0.2, 0.25) is 11.8 Å². The molecule has 2 N–H and O–H groups in total. The summed E-state index contributed by atoms with van der Waals surface area (Å²) in [6, 6.07) is 1.11. The molecule has 0 amide bonds. The molecule has 0 unspecified atom stereocenters. The molecule has 1 aliphatic rings. The van der Waals surface area contributed by atoms with Crippen molar-refractivity contribution in [3.05, 3.63) is 16.4 Å². The maximum atomic E-state index is 11.1. The second-order valence-corrected chi connectivity index (χ2v) is 2.35. The minimum atomic E-state index is -0.226. The minimum Gasteiger partial charge on any atom is -0.493 e. The lowest BCUT2D eigenvalue weighted by Gasteiger charge is -1.98. The first kappa shape index (κ1) is 6.21. The summed E-state index contributed by atoms with van der Waals surface area (Å²) in [7, 11) is 0. The summed E-state index contributed by atoms with van der Waals surface area (Å²) in [4.78, 5) is 14.8. The third-order valence-corrected chi connectivity index (χ3v) is 1.61. The van der Waals surface area contributed by atoms with Crippen LogP contribution in [0.2, 0.25) is 0 Å². The van der Waals surface area contributed by atoms with Crippen LogP contribution < -0.4 is 10.9 Å². The van der Waals surface area contributed by atoms with E-state index in [2.05, 4.69) is 10.3 Å². The Balaban J connectivity index is 2.70. The van der Waals surface area contributed by atoms with Gasteiger partial charge in [0.25, 0.3) is 5.56 Å². The van der Waals surface area contributed by atoms with Crippen LogP contribution >= 0.6 is 0 Å². The quantitative estimate of drug-likeness (QED) is 0.521. The van der Waals surface area contributed by atoms with Gasteiger partial charge in [-0.15, -0.1) is 0 Å². The van der Waals surface area contributed by atoms with Gasteiger partial charge in [-0.1, -0.05) is 0 Å². The van der Waals surface area contributed by atoms with Crippen LogP contribution in [0.4, 0.5) is 5.95 Å². The number of nitrogens with one attached hydrogen (secondary N) is 1. The van der Waals surface area contributed by atoms with Gasteiger partial charge in [-0.3, -0.25) is 9.36 Å². The molecule has 0 bridgehead atoms. The molecule has 0 fully saturated rings. The van der Waals surface area contributed by atoms with Crippen LogP contribution in [0.15, 0.2) is 10.9 Å². The minimum absolute atomic E-state index is 0.211. The van der Waals surface area contributed by atoms with Crippen molar-refractivity contribution in [2.75, 3.05) is 11.9 Å². The zero-order chi connectivity index (χ0) is 7.84. The van der Waals surface area contributed by atoms with Crippen LogP contribution in [0, 0.1) is 0 Å². The van der Waals surface area contributed by atoms with E-state index in [9.17, 15) is 4.79 Å². The van der Waals surface area contributed by atoms with Crippen LogP contribution in [0.25, 0.3) is 0 Å². The van der Waals surface area contributed by atoms with E-state index in [4.69, 9.17) is 5.11 Å². The van der Waals surface area contributed by atoms with Crippen molar-refractivity contribution in [3.63, 3.8) is 0 Å². The highest BCUT2D eigenvalue weighted by Crippen LogP contribution is 2.10. The van der Waals surface area contributed by atoms with Gasteiger partial charge in [0.05, 0.1) is 6.07 Å². The van der Waals surface area contributed by atoms with E-state index in [1.807, 2.05) is 0 Å². The van der Waals surface area contributed by atoms with Gasteiger partial charge in [0.15, 0.2) is 0 Å². The Morgan fingerprint density at radius 2 is 2.55 bits per heavy atom. The van der Waals surface area contributed by atoms with Crippen LogP contribution in [0.3, 0.4) is 0 Å². The van der Waals surface area contributed by atoms with Gasteiger partial charge >= 0.3 is 0 Å². The Morgan fingerprint density at radius 1 is 1.73 bits per heavy atom. The SMILES string of the molecule is O=c1cc(O)nc2n1CCN2. The molecule has 5 nitrogen and oxygen atoms in total. The molecule has 0 aliphatic carbocycles. The van der Waals surface area contributed by atoms with E-state index in [1.165, 1.54) is 4.57 Å². The number of hydrogen-bond donors (Lipinski definition) is 2. The van der Waals surface area contributed by atoms with Gasteiger partial charge in [-0.2, -0.15) is 4.98 Å². The second-order valence-electron chi connectivity index (χ2n) is 2.35. The Kier molecular flexibility index (Phi) is 1.12. The van der Waals surface area contributed by atoms with E-state index in [0.717, 1.165) is 6.07 Å². The molecular weight excluding hydrogens is 146 g/mol. The van der Waals surface area contributed by atoms with Gasteiger partial charge in [0, 0.05) is 13.1 Å². The summed E-state index contributed by atoms with van der Waals surface area (Å²) in [5, 5.41) is 11.8. The molecule has 11 heavy (non-hydrogen) atoms. The fourth-order valence-corrected chi connectivity index (χ4v) is 1.12. The number of aromatic nitrogens is 2. The molecule has 0 spiro atoms. The molecular formula is C6H7N3O2. The van der Waals surface area contributed by atoms with Crippen molar-refractivity contribution in [2.24, 2.45) is 0 Å². The van der Waals surface area contributed by atoms with Gasteiger partial charge in [0.1, 0.15) is 0 Å². The highest BCUT2D eigenvalue weighted by Gasteiger charge is 2.12. The third kappa shape index (κ3) is 0.849. The molecule has 2 rings (SSSR count). The molecule has 0 saturated heterocycles. The predicted molar refractivity (Wildman–Crippen MR) is 38.7 cm³/mol. The van der Waals surface area contributed by atoms with Crippen LogP contribution in [-0.2, 0) is 6.54 Å². The standard InChI is InChI=1S/C6H7N3O2/c10-4-3-5(11)9-2-1-7-6(9)8-4/h3,10H,1-2H2,(H,7,8). The summed E-state index contributed by atoms with van der Waals surface area (Å²) < 4.78 is 1.49. The summed E-state index contributed by atoms with van der Waals surface area (Å²) in [5.74, 6) is 0.227. The number of fused-ring (bicyclic) bond motifs is 1. The lowest BCUT2D eigenvalue weighted by molar-refractivity contribution is 0.450. The molecule has 1 aromatic rings. The molecule has 58 valence electrons. The van der Waals surface area contributed by atoms with Crippen LogP contribution in [0.1, 0.15) is 0 Å². The van der Waals surface area contributed by atoms with Crippen molar-refractivity contribution in [3.8, 4) is 5.88 Å². The lowest BCUT2D eigenvalue weighted by atomic mass is 10.6. The predicted octanol–water partition coefficient (Wildman–Crippen LogP) is -0.626. The molecule has 1 aromatic heterocycles. The first-order valence-corrected chi connectivity index (χ1v) is 3.32. The Hall–Kier alpha value is -1.52. The molecule has 0 radical (unpaired) electrons. The van der Waals surface area contributed by atoms with Gasteiger partial charge < -0.3 is 10.4 Å². The Labute approximate surface area is 62.3 Å². The summed E-state index contributed by atoms with van der Waals surface area (Å²) in [5.41, 5.74) is -0.211. The van der Waals surface area contributed by atoms with Crippen molar-refractivity contribution >= 4 is 5.95 Å². The third-order valence-electron chi connectivity index (χ3n) is 1.61. The summed E-state index contributed by atoms with van der Waals surface area (Å²) in [6.45, 7) is 1.33. The van der Waals surface area contributed by atoms with E-state index >= 15 is 0 Å². The maximum Gasteiger partial charge on any atom is 0.258 e. The average molecular weight is 153 g/mol. The first-order valence-electron chi connectivity index (χ1n) is 3.32. The highest BCUT2D eigenvalue weighted by molar-refractivity contribution is 5.32. The smallest absolute Gasteiger partial charge is 0.258 e. The van der Waals surface area contributed by atoms with Crippen molar-refractivity contribution in [1.29, 1.82) is 0 Å². The molecule has 1 aliphatic heterocycles. The lowest BCUT2D eigenvalue weighted by Crippen LogP contribution is -2.16. The topological polar surface area (TPSA) is 67.1 Å². The first-order chi connectivity index (χ1) is 5.27. The van der Waals surface area contributed by atoms with Crippen molar-refractivity contribution in [2.45, 2.75) is 6.54 Å². The highest BCUT2D eigenvalue weighted by atomic mass is 16.3. The average Bonchev–Trinajstić information content (AvgIpc) is 2.34. The Bertz CT molecular complexity index is 344. The summed E-state index contributed by atoms with van der Waals surface area (Å²) >= 11 is 0. The van der Waals surface area contributed by atoms with E-state index in [1.54, 1.807) is 0 Å². The van der Waals surface area contributed by atoms with Crippen LogP contribution in [0.5, 0.6) is 5.88 Å². The molecule has 0 saturated carbocycles. The molecule has 0 atom stereocenters. The van der Waals surface area contributed by atoms with Crippen molar-refractivity contribution in [1.82, 2.24) is 9.55 Å². The summed E-state index contributed by atoms with van der Waals surface area (Å²) in [6.07, 6.45) is 0. The fraction of sp³-hybridized carbons (Fsp3) is 0.333. The zero-order valence-corrected chi connectivity index (χ0v) is 5.74. The molecule has 5 heteroatoms. The van der Waals surface area contributed by atoms with Crippen LogP contribution in [-0.4, -0.2) is 21.2 Å². The Morgan fingerprint density at radius 3 is 3.36 bits per heavy atom.